The Kier molecular flexibility index (Phi) is 5.36. The highest BCUT2D eigenvalue weighted by molar-refractivity contribution is 9.10. The van der Waals surface area contributed by atoms with E-state index in [0.29, 0.717) is 13.0 Å². The average Bonchev–Trinajstić information content (AvgIpc) is 2.58. The van der Waals surface area contributed by atoms with E-state index in [-0.39, 0.29) is 15.0 Å². The highest BCUT2D eigenvalue weighted by Crippen LogP contribution is 2.17. The van der Waals surface area contributed by atoms with Gasteiger partial charge in [-0.25, -0.2) is 17.8 Å². The van der Waals surface area contributed by atoms with E-state index >= 15 is 0 Å². The molecule has 0 spiro atoms. The summed E-state index contributed by atoms with van der Waals surface area (Å²) >= 11 is 8.96. The summed E-state index contributed by atoms with van der Waals surface area (Å²) in [6, 6.07) is 0. The standard InChI is InChI=1S/C8H14BrClN4O2S/c1-3-6(10)4-5-11-17(15,16)8-7(9)12-13-14(8)2/h6,11H,3-5H2,1-2H3. The summed E-state index contributed by atoms with van der Waals surface area (Å²) in [7, 11) is -2.08. The maximum absolute atomic E-state index is 11.9. The maximum atomic E-state index is 11.9. The molecule has 1 rings (SSSR count). The van der Waals surface area contributed by atoms with Crippen molar-refractivity contribution in [2.45, 2.75) is 30.2 Å². The van der Waals surface area contributed by atoms with Crippen LogP contribution in [0.4, 0.5) is 0 Å². The largest absolute Gasteiger partial charge is 0.260 e. The van der Waals surface area contributed by atoms with Crippen LogP contribution in [0.25, 0.3) is 0 Å². The van der Waals surface area contributed by atoms with Crippen LogP contribution in [0.15, 0.2) is 9.63 Å². The monoisotopic (exact) mass is 344 g/mol. The third-order valence-corrected chi connectivity index (χ3v) is 5.06. The number of hydrogen-bond acceptors (Lipinski definition) is 4. The smallest absolute Gasteiger partial charge is 0.235 e. The minimum atomic E-state index is -3.60. The lowest BCUT2D eigenvalue weighted by Gasteiger charge is -2.08. The summed E-state index contributed by atoms with van der Waals surface area (Å²) in [5, 5.41) is 7.23. The number of halogens is 2. The van der Waals surface area contributed by atoms with E-state index in [4.69, 9.17) is 11.6 Å². The molecule has 9 heteroatoms. The molecule has 1 N–H and O–H groups in total. The lowest BCUT2D eigenvalue weighted by Crippen LogP contribution is -2.28. The number of sulfonamides is 1. The Morgan fingerprint density at radius 2 is 2.24 bits per heavy atom. The Morgan fingerprint density at radius 1 is 1.59 bits per heavy atom. The van der Waals surface area contributed by atoms with Crippen molar-refractivity contribution >= 4 is 37.6 Å². The molecule has 0 aliphatic carbocycles. The molecule has 1 aromatic rings. The summed E-state index contributed by atoms with van der Waals surface area (Å²) in [6.45, 7) is 2.25. The van der Waals surface area contributed by atoms with Crippen molar-refractivity contribution in [3.8, 4) is 0 Å². The van der Waals surface area contributed by atoms with Gasteiger partial charge in [0.05, 0.1) is 0 Å². The lowest BCUT2D eigenvalue weighted by molar-refractivity contribution is 0.556. The van der Waals surface area contributed by atoms with Crippen molar-refractivity contribution in [2.24, 2.45) is 7.05 Å². The predicted molar refractivity (Wildman–Crippen MR) is 68.4 cm³/mol. The highest BCUT2D eigenvalue weighted by Gasteiger charge is 2.23. The first kappa shape index (κ1) is 14.9. The van der Waals surface area contributed by atoms with E-state index in [1.807, 2.05) is 6.92 Å². The lowest BCUT2D eigenvalue weighted by atomic mass is 10.2. The number of rotatable bonds is 6. The fourth-order valence-electron chi connectivity index (χ4n) is 1.23. The van der Waals surface area contributed by atoms with Gasteiger partial charge < -0.3 is 0 Å². The Hall–Kier alpha value is -0.180. The van der Waals surface area contributed by atoms with Crippen molar-refractivity contribution in [3.63, 3.8) is 0 Å². The molecule has 0 aromatic carbocycles. The third-order valence-electron chi connectivity index (χ3n) is 2.18. The molecule has 17 heavy (non-hydrogen) atoms. The van der Waals surface area contributed by atoms with E-state index in [0.717, 1.165) is 6.42 Å². The van der Waals surface area contributed by atoms with Crippen LogP contribution in [-0.4, -0.2) is 35.3 Å². The molecule has 98 valence electrons. The molecule has 1 unspecified atom stereocenters. The fourth-order valence-corrected chi connectivity index (χ4v) is 3.48. The van der Waals surface area contributed by atoms with E-state index < -0.39 is 10.0 Å². The van der Waals surface area contributed by atoms with E-state index in [1.165, 1.54) is 11.7 Å². The Labute approximate surface area is 114 Å². The van der Waals surface area contributed by atoms with E-state index in [9.17, 15) is 8.42 Å². The molecule has 1 heterocycles. The van der Waals surface area contributed by atoms with Crippen LogP contribution in [0.2, 0.25) is 0 Å². The van der Waals surface area contributed by atoms with Gasteiger partial charge >= 0.3 is 0 Å². The second-order valence-corrected chi connectivity index (χ2v) is 6.55. The molecule has 0 aliphatic heterocycles. The molecule has 6 nitrogen and oxygen atoms in total. The molecule has 1 aromatic heterocycles. The van der Waals surface area contributed by atoms with Crippen molar-refractivity contribution in [1.29, 1.82) is 0 Å². The first-order valence-electron chi connectivity index (χ1n) is 5.07. The van der Waals surface area contributed by atoms with E-state index in [1.54, 1.807) is 0 Å². The van der Waals surface area contributed by atoms with Crippen molar-refractivity contribution in [3.05, 3.63) is 4.60 Å². The normalized spacial score (nSPS) is 13.9. The summed E-state index contributed by atoms with van der Waals surface area (Å²) in [5.74, 6) is 0. The summed E-state index contributed by atoms with van der Waals surface area (Å²) < 4.78 is 27.7. The zero-order chi connectivity index (χ0) is 13.1. The summed E-state index contributed by atoms with van der Waals surface area (Å²) in [6.07, 6.45) is 1.39. The minimum Gasteiger partial charge on any atom is -0.235 e. The van der Waals surface area contributed by atoms with Crippen LogP contribution in [-0.2, 0) is 17.1 Å². The molecule has 0 amide bonds. The number of aromatic nitrogens is 3. The maximum Gasteiger partial charge on any atom is 0.260 e. The SMILES string of the molecule is CCC(Cl)CCNS(=O)(=O)c1c(Br)nnn1C. The zero-order valence-corrected chi connectivity index (χ0v) is 12.7. The highest BCUT2D eigenvalue weighted by atomic mass is 79.9. The first-order chi connectivity index (χ1) is 7.88. The van der Waals surface area contributed by atoms with Gasteiger partial charge in [-0.05, 0) is 28.8 Å². The van der Waals surface area contributed by atoms with Gasteiger partial charge in [-0.15, -0.1) is 16.7 Å². The first-order valence-corrected chi connectivity index (χ1v) is 7.78. The molecule has 0 aliphatic rings. The number of nitrogens with zero attached hydrogens (tertiary/aromatic N) is 3. The number of alkyl halides is 1. The van der Waals surface area contributed by atoms with Gasteiger partial charge in [-0.3, -0.25) is 0 Å². The van der Waals surface area contributed by atoms with Crippen LogP contribution >= 0.6 is 27.5 Å². The third kappa shape index (κ3) is 3.90. The molecule has 0 saturated carbocycles. The Balaban J connectivity index is 2.70. The van der Waals surface area contributed by atoms with Crippen molar-refractivity contribution in [1.82, 2.24) is 19.7 Å². The predicted octanol–water partition coefficient (Wildman–Crippen LogP) is 1.26. The van der Waals surface area contributed by atoms with Crippen molar-refractivity contribution < 1.29 is 8.42 Å². The molecule has 0 fully saturated rings. The molecular weight excluding hydrogens is 332 g/mol. The molecule has 0 saturated heterocycles. The molecule has 0 radical (unpaired) electrons. The van der Waals surface area contributed by atoms with Crippen LogP contribution in [0.3, 0.4) is 0 Å². The number of aryl methyl sites for hydroxylation is 1. The van der Waals surface area contributed by atoms with Crippen LogP contribution in [0, 0.1) is 0 Å². The topological polar surface area (TPSA) is 76.9 Å². The van der Waals surface area contributed by atoms with Crippen LogP contribution in [0.1, 0.15) is 19.8 Å². The van der Waals surface area contributed by atoms with Gasteiger partial charge in [0.25, 0.3) is 10.0 Å². The second-order valence-electron chi connectivity index (χ2n) is 3.50. The minimum absolute atomic E-state index is 0.0140. The van der Waals surface area contributed by atoms with Gasteiger partial charge in [-0.2, -0.15) is 0 Å². The zero-order valence-electron chi connectivity index (χ0n) is 9.52. The van der Waals surface area contributed by atoms with Gasteiger partial charge in [0.2, 0.25) is 5.03 Å². The van der Waals surface area contributed by atoms with Crippen LogP contribution in [0.5, 0.6) is 0 Å². The quantitative estimate of drug-likeness (QED) is 0.788. The average molecular weight is 346 g/mol. The van der Waals surface area contributed by atoms with Gasteiger partial charge in [-0.1, -0.05) is 12.1 Å². The summed E-state index contributed by atoms with van der Waals surface area (Å²) in [4.78, 5) is 0. The summed E-state index contributed by atoms with van der Waals surface area (Å²) in [5.41, 5.74) is 0. The Morgan fingerprint density at radius 3 is 2.71 bits per heavy atom. The second kappa shape index (κ2) is 6.12. The Bertz CT molecular complexity index is 456. The van der Waals surface area contributed by atoms with Gasteiger partial charge in [0, 0.05) is 19.0 Å². The molecule has 0 bridgehead atoms. The van der Waals surface area contributed by atoms with Gasteiger partial charge in [0.1, 0.15) is 0 Å². The number of nitrogens with one attached hydrogen (secondary N) is 1. The molecular formula is C8H14BrClN4O2S. The fraction of sp³-hybridized carbons (Fsp3) is 0.750. The van der Waals surface area contributed by atoms with Crippen molar-refractivity contribution in [2.75, 3.05) is 6.54 Å². The van der Waals surface area contributed by atoms with Crippen LogP contribution < -0.4 is 4.72 Å². The number of hydrogen-bond donors (Lipinski definition) is 1. The molecule has 1 atom stereocenters. The van der Waals surface area contributed by atoms with E-state index in [2.05, 4.69) is 31.0 Å². The van der Waals surface area contributed by atoms with Gasteiger partial charge in [0.15, 0.2) is 4.60 Å².